The molecule has 0 fully saturated rings. The van der Waals surface area contributed by atoms with Crippen molar-refractivity contribution >= 4 is 21.2 Å². The van der Waals surface area contributed by atoms with Crippen LogP contribution in [0.25, 0.3) is 10.8 Å². The van der Waals surface area contributed by atoms with Gasteiger partial charge in [0.15, 0.2) is 0 Å². The first-order valence-corrected chi connectivity index (χ1v) is 6.75. The standard InChI is InChI=1S/C13H14.H2O4S/c1-9-8-12-6-4-5-7-13(12)11(3)10(9)2;1-5(2,3)4/h4-8H,1-3H3;(H2,1,2,3,4). The van der Waals surface area contributed by atoms with Crippen LogP contribution in [-0.2, 0) is 10.4 Å². The number of hydrogen-bond donors (Lipinski definition) is 2. The zero-order valence-electron chi connectivity index (χ0n) is 10.5. The fourth-order valence-corrected chi connectivity index (χ4v) is 1.80. The summed E-state index contributed by atoms with van der Waals surface area (Å²) in [7, 11) is -4.67. The summed E-state index contributed by atoms with van der Waals surface area (Å²) in [6.45, 7) is 6.57. The van der Waals surface area contributed by atoms with Crippen molar-refractivity contribution in [2.45, 2.75) is 20.8 Å². The molecule has 0 atom stereocenters. The molecule has 2 rings (SSSR count). The summed E-state index contributed by atoms with van der Waals surface area (Å²) < 4.78 is 31.6. The third kappa shape index (κ3) is 4.10. The van der Waals surface area contributed by atoms with Crippen molar-refractivity contribution < 1.29 is 17.5 Å². The third-order valence-corrected chi connectivity index (χ3v) is 2.89. The SMILES string of the molecule is Cc1cc2ccccc2c(C)c1C.O=S(=O)(O)O. The molecule has 0 radical (unpaired) electrons. The van der Waals surface area contributed by atoms with Gasteiger partial charge in [-0.25, -0.2) is 0 Å². The molecule has 0 bridgehead atoms. The maximum atomic E-state index is 8.74. The minimum atomic E-state index is -4.67. The van der Waals surface area contributed by atoms with E-state index < -0.39 is 10.4 Å². The van der Waals surface area contributed by atoms with Crippen LogP contribution in [0.4, 0.5) is 0 Å². The van der Waals surface area contributed by atoms with Gasteiger partial charge in [-0.3, -0.25) is 9.11 Å². The molecule has 4 nitrogen and oxygen atoms in total. The second-order valence-electron chi connectivity index (χ2n) is 4.11. The van der Waals surface area contributed by atoms with Crippen molar-refractivity contribution in [1.29, 1.82) is 0 Å². The fraction of sp³-hybridized carbons (Fsp3) is 0.231. The van der Waals surface area contributed by atoms with Gasteiger partial charge < -0.3 is 0 Å². The first-order valence-electron chi connectivity index (χ1n) is 5.35. The van der Waals surface area contributed by atoms with E-state index in [1.807, 2.05) is 0 Å². The highest BCUT2D eigenvalue weighted by Gasteiger charge is 2.01. The average Bonchev–Trinajstić information content (AvgIpc) is 2.24. The molecule has 2 N–H and O–H groups in total. The minimum absolute atomic E-state index is 1.35. The summed E-state index contributed by atoms with van der Waals surface area (Å²) in [6.07, 6.45) is 0. The lowest BCUT2D eigenvalue weighted by atomic mass is 9.97. The van der Waals surface area contributed by atoms with Gasteiger partial charge in [0.1, 0.15) is 0 Å². The highest BCUT2D eigenvalue weighted by Crippen LogP contribution is 2.23. The van der Waals surface area contributed by atoms with E-state index in [1.54, 1.807) is 0 Å². The van der Waals surface area contributed by atoms with Crippen molar-refractivity contribution in [3.8, 4) is 0 Å². The normalized spacial score (nSPS) is 10.9. The van der Waals surface area contributed by atoms with E-state index in [9.17, 15) is 0 Å². The molecule has 0 amide bonds. The summed E-state index contributed by atoms with van der Waals surface area (Å²) in [4.78, 5) is 0. The zero-order chi connectivity index (χ0) is 13.9. The smallest absolute Gasteiger partial charge is 0.264 e. The molecule has 5 heteroatoms. The van der Waals surface area contributed by atoms with Crippen molar-refractivity contribution in [2.75, 3.05) is 0 Å². The second kappa shape index (κ2) is 5.48. The zero-order valence-corrected chi connectivity index (χ0v) is 11.3. The lowest BCUT2D eigenvalue weighted by molar-refractivity contribution is 0.381. The molecule has 2 aromatic carbocycles. The number of rotatable bonds is 0. The van der Waals surface area contributed by atoms with Crippen molar-refractivity contribution in [2.24, 2.45) is 0 Å². The summed E-state index contributed by atoms with van der Waals surface area (Å²) in [6, 6.07) is 10.8. The van der Waals surface area contributed by atoms with Crippen LogP contribution < -0.4 is 0 Å². The van der Waals surface area contributed by atoms with Gasteiger partial charge in [-0.15, -0.1) is 0 Å². The van der Waals surface area contributed by atoms with Crippen LogP contribution in [0.3, 0.4) is 0 Å². The van der Waals surface area contributed by atoms with Crippen LogP contribution in [0.5, 0.6) is 0 Å². The predicted octanol–water partition coefficient (Wildman–Crippen LogP) is 3.11. The Morgan fingerprint density at radius 1 is 0.944 bits per heavy atom. The molecule has 18 heavy (non-hydrogen) atoms. The minimum Gasteiger partial charge on any atom is -0.264 e. The lowest BCUT2D eigenvalue weighted by Crippen LogP contribution is -1.89. The Morgan fingerprint density at radius 2 is 1.44 bits per heavy atom. The van der Waals surface area contributed by atoms with E-state index in [2.05, 4.69) is 51.1 Å². The van der Waals surface area contributed by atoms with Gasteiger partial charge in [-0.05, 0) is 48.2 Å². The Hall–Kier alpha value is -1.43. The maximum Gasteiger partial charge on any atom is 0.394 e. The van der Waals surface area contributed by atoms with E-state index in [4.69, 9.17) is 17.5 Å². The van der Waals surface area contributed by atoms with Crippen LogP contribution in [0.15, 0.2) is 30.3 Å². The van der Waals surface area contributed by atoms with Gasteiger partial charge in [-0.2, -0.15) is 8.42 Å². The van der Waals surface area contributed by atoms with Crippen LogP contribution in [0, 0.1) is 20.8 Å². The van der Waals surface area contributed by atoms with Gasteiger partial charge in [0, 0.05) is 0 Å². The quantitative estimate of drug-likeness (QED) is 0.720. The molecule has 0 saturated heterocycles. The van der Waals surface area contributed by atoms with Crippen LogP contribution >= 0.6 is 0 Å². The highest BCUT2D eigenvalue weighted by molar-refractivity contribution is 7.79. The van der Waals surface area contributed by atoms with Gasteiger partial charge >= 0.3 is 10.4 Å². The van der Waals surface area contributed by atoms with Crippen molar-refractivity contribution in [1.82, 2.24) is 0 Å². The Bertz CT molecular complexity index is 652. The van der Waals surface area contributed by atoms with Gasteiger partial charge in [0.05, 0.1) is 0 Å². The Labute approximate surface area is 107 Å². The average molecular weight is 268 g/mol. The van der Waals surface area contributed by atoms with Crippen LogP contribution in [0.2, 0.25) is 0 Å². The molecule has 0 unspecified atom stereocenters. The summed E-state index contributed by atoms with van der Waals surface area (Å²) >= 11 is 0. The predicted molar refractivity (Wildman–Crippen MR) is 72.3 cm³/mol. The van der Waals surface area contributed by atoms with E-state index in [0.717, 1.165) is 0 Å². The molecule has 0 aliphatic rings. The molecular formula is C13H16O4S. The van der Waals surface area contributed by atoms with E-state index in [1.165, 1.54) is 27.5 Å². The van der Waals surface area contributed by atoms with Crippen LogP contribution in [-0.4, -0.2) is 17.5 Å². The summed E-state index contributed by atoms with van der Waals surface area (Å²) in [5.41, 5.74) is 4.21. The van der Waals surface area contributed by atoms with Crippen molar-refractivity contribution in [3.05, 3.63) is 47.0 Å². The number of fused-ring (bicyclic) bond motifs is 1. The molecule has 0 aliphatic heterocycles. The summed E-state index contributed by atoms with van der Waals surface area (Å²) in [5.74, 6) is 0. The second-order valence-corrected chi connectivity index (χ2v) is 5.01. The molecule has 0 heterocycles. The topological polar surface area (TPSA) is 74.6 Å². The molecule has 0 aromatic heterocycles. The number of benzene rings is 2. The van der Waals surface area contributed by atoms with Gasteiger partial charge in [0.2, 0.25) is 0 Å². The van der Waals surface area contributed by atoms with E-state index in [0.29, 0.717) is 0 Å². The molecule has 0 saturated carbocycles. The lowest BCUT2D eigenvalue weighted by Gasteiger charge is -2.08. The summed E-state index contributed by atoms with van der Waals surface area (Å²) in [5, 5.41) is 2.73. The van der Waals surface area contributed by atoms with Crippen LogP contribution in [0.1, 0.15) is 16.7 Å². The fourth-order valence-electron chi connectivity index (χ4n) is 1.80. The molecule has 98 valence electrons. The Balaban J connectivity index is 0.000000280. The van der Waals surface area contributed by atoms with Gasteiger partial charge in [0.25, 0.3) is 0 Å². The highest BCUT2D eigenvalue weighted by atomic mass is 32.3. The monoisotopic (exact) mass is 268 g/mol. The maximum absolute atomic E-state index is 8.74. The van der Waals surface area contributed by atoms with Gasteiger partial charge in [-0.1, -0.05) is 30.3 Å². The Kier molecular flexibility index (Phi) is 4.45. The van der Waals surface area contributed by atoms with E-state index in [-0.39, 0.29) is 0 Å². The number of hydrogen-bond acceptors (Lipinski definition) is 2. The molecule has 0 aliphatic carbocycles. The first kappa shape index (κ1) is 14.6. The molecule has 2 aromatic rings. The van der Waals surface area contributed by atoms with Crippen molar-refractivity contribution in [3.63, 3.8) is 0 Å². The number of aryl methyl sites for hydroxylation is 2. The molecule has 0 spiro atoms. The largest absolute Gasteiger partial charge is 0.394 e. The first-order chi connectivity index (χ1) is 8.20. The van der Waals surface area contributed by atoms with E-state index >= 15 is 0 Å². The Morgan fingerprint density at radius 3 is 2.00 bits per heavy atom. The third-order valence-electron chi connectivity index (χ3n) is 2.89. The molecular weight excluding hydrogens is 252 g/mol.